The predicted molar refractivity (Wildman–Crippen MR) is 213 cm³/mol. The zero-order valence-electron chi connectivity index (χ0n) is 33.6. The molecule has 3 aliphatic carbocycles. The maximum absolute atomic E-state index is 14.8. The third-order valence-corrected chi connectivity index (χ3v) is 13.4. The van der Waals surface area contributed by atoms with E-state index in [9.17, 15) is 27.6 Å². The van der Waals surface area contributed by atoms with Crippen molar-refractivity contribution >= 4 is 44.7 Å². The molecule has 4 aliphatic rings. The molecule has 4 amide bonds. The van der Waals surface area contributed by atoms with Crippen LogP contribution in [0.25, 0.3) is 22.2 Å². The van der Waals surface area contributed by atoms with E-state index in [0.29, 0.717) is 60.2 Å². The molecule has 0 bridgehead atoms. The Bertz CT molecular complexity index is 2190. The maximum atomic E-state index is 14.8. The highest BCUT2D eigenvalue weighted by Crippen LogP contribution is 2.67. The first-order valence-electron chi connectivity index (χ1n) is 19.6. The normalized spacial score (nSPS) is 23.2. The molecule has 3 saturated carbocycles. The number of carbonyl (C=O) groups excluding carboxylic acids is 4. The fourth-order valence-corrected chi connectivity index (χ4v) is 9.44. The zero-order chi connectivity index (χ0) is 41.1. The molecule has 1 aliphatic heterocycles. The predicted octanol–water partition coefficient (Wildman–Crippen LogP) is 5.24. The second-order valence-electron chi connectivity index (χ2n) is 18.0. The van der Waals surface area contributed by atoms with Crippen molar-refractivity contribution in [1.82, 2.24) is 25.2 Å². The first-order valence-corrected chi connectivity index (χ1v) is 21.2. The van der Waals surface area contributed by atoms with E-state index in [-0.39, 0.29) is 19.4 Å². The molecule has 2 heterocycles. The Kier molecular flexibility index (Phi) is 10.2. The van der Waals surface area contributed by atoms with Gasteiger partial charge in [-0.05, 0) is 76.8 Å². The van der Waals surface area contributed by atoms with E-state index >= 15 is 0 Å². The van der Waals surface area contributed by atoms with E-state index in [2.05, 4.69) is 15.4 Å². The molecular weight excluding hydrogens is 751 g/mol. The van der Waals surface area contributed by atoms with Gasteiger partial charge in [-0.2, -0.15) is 0 Å². The number of nitrogens with zero attached hydrogens (tertiary/aromatic N) is 2. The highest BCUT2D eigenvalue weighted by Gasteiger charge is 2.71. The second kappa shape index (κ2) is 14.5. The Morgan fingerprint density at radius 3 is 2.19 bits per heavy atom. The molecule has 4 fully saturated rings. The fraction of sp³-hybridized carbons (Fsp3) is 0.548. The van der Waals surface area contributed by atoms with Crippen LogP contribution in [0.15, 0.2) is 54.6 Å². The lowest BCUT2D eigenvalue weighted by Crippen LogP contribution is -2.71. The van der Waals surface area contributed by atoms with Crippen LogP contribution in [0.3, 0.4) is 0 Å². The number of fused-ring (bicyclic) bond motifs is 1. The molecule has 4 atom stereocenters. The van der Waals surface area contributed by atoms with Crippen LogP contribution >= 0.6 is 0 Å². The Hall–Kier alpha value is -4.92. The SMILES string of the molecule is COc1ccc2c(OC3C[C@@H](C(=O)NC4(C(=O)NS(=O)(=O)C5CC5)CCC45CC5)N(C(=O)[C@@H](NC(=O)OC(C)(C)C)C(C)(C)C)C3)cc(-c3ccccc3)nc2c1. The van der Waals surface area contributed by atoms with Crippen LogP contribution < -0.4 is 24.8 Å². The third kappa shape index (κ3) is 8.12. The van der Waals surface area contributed by atoms with Gasteiger partial charge < -0.3 is 29.7 Å². The summed E-state index contributed by atoms with van der Waals surface area (Å²) in [6, 6.07) is 14.7. The van der Waals surface area contributed by atoms with Crippen molar-refractivity contribution in [1.29, 1.82) is 0 Å². The standard InChI is InChI=1S/C42H53N5O9S/c1-39(2,3)34(44-38(51)56-40(4,5)6)36(49)47-24-27(55-33-23-30(25-11-9-8-10-12-25)43-31-21-26(54-7)13-16-29(31)33)22-32(47)35(48)45-42(20-19-41(42)17-18-41)37(50)46-57(52,53)28-14-15-28/h8-13,16,21,23,27-28,32,34H,14-15,17-20,22,24H2,1-7H3,(H,44,51)(H,45,48)(H,46,50)/t27?,32-,34+,42?/m0/s1. The molecule has 1 aromatic heterocycles. The summed E-state index contributed by atoms with van der Waals surface area (Å²) >= 11 is 0. The number of nitrogens with one attached hydrogen (secondary N) is 3. The largest absolute Gasteiger partial charge is 0.497 e. The van der Waals surface area contributed by atoms with Crippen molar-refractivity contribution in [3.05, 3.63) is 54.6 Å². The number of aromatic nitrogens is 1. The number of hydrogen-bond donors (Lipinski definition) is 3. The number of likely N-dealkylation sites (tertiary alicyclic amines) is 1. The van der Waals surface area contributed by atoms with Crippen molar-refractivity contribution in [2.75, 3.05) is 13.7 Å². The third-order valence-electron chi connectivity index (χ3n) is 11.6. The summed E-state index contributed by atoms with van der Waals surface area (Å²) in [4.78, 5) is 62.8. The fourth-order valence-electron chi connectivity index (χ4n) is 8.09. The molecule has 2 aromatic carbocycles. The number of rotatable bonds is 11. The first-order chi connectivity index (χ1) is 26.7. The summed E-state index contributed by atoms with van der Waals surface area (Å²) in [5, 5.41) is 5.82. The Morgan fingerprint density at radius 2 is 1.61 bits per heavy atom. The van der Waals surface area contributed by atoms with Crippen molar-refractivity contribution in [2.24, 2.45) is 10.8 Å². The minimum Gasteiger partial charge on any atom is -0.497 e. The van der Waals surface area contributed by atoms with Crippen LogP contribution in [0.4, 0.5) is 4.79 Å². The van der Waals surface area contributed by atoms with Gasteiger partial charge in [0.2, 0.25) is 21.8 Å². The number of pyridine rings is 1. The van der Waals surface area contributed by atoms with E-state index in [1.807, 2.05) is 48.5 Å². The van der Waals surface area contributed by atoms with Crippen molar-refractivity contribution < 1.29 is 41.8 Å². The maximum Gasteiger partial charge on any atom is 0.408 e. The van der Waals surface area contributed by atoms with Gasteiger partial charge >= 0.3 is 6.09 Å². The number of alkyl carbamates (subject to hydrolysis) is 1. The van der Waals surface area contributed by atoms with Gasteiger partial charge in [-0.1, -0.05) is 51.1 Å². The van der Waals surface area contributed by atoms with Crippen LogP contribution in [0.1, 0.15) is 86.5 Å². The van der Waals surface area contributed by atoms with Crippen LogP contribution in [0.5, 0.6) is 11.5 Å². The average Bonchev–Trinajstić information content (AvgIpc) is 4.07. The number of carbonyl (C=O) groups is 4. The highest BCUT2D eigenvalue weighted by molar-refractivity contribution is 7.91. The molecule has 1 spiro atoms. The van der Waals surface area contributed by atoms with Gasteiger partial charge in [0.15, 0.2) is 0 Å². The number of methoxy groups -OCH3 is 1. The van der Waals surface area contributed by atoms with Gasteiger partial charge in [-0.15, -0.1) is 0 Å². The summed E-state index contributed by atoms with van der Waals surface area (Å²) < 4.78 is 45.9. The number of hydrogen-bond acceptors (Lipinski definition) is 10. The second-order valence-corrected chi connectivity index (χ2v) is 20.0. The lowest BCUT2D eigenvalue weighted by Gasteiger charge is -2.50. The monoisotopic (exact) mass is 803 g/mol. The van der Waals surface area contributed by atoms with Crippen LogP contribution in [0, 0.1) is 10.8 Å². The summed E-state index contributed by atoms with van der Waals surface area (Å²) in [6.07, 6.45) is 1.78. The number of benzene rings is 2. The summed E-state index contributed by atoms with van der Waals surface area (Å²) in [7, 11) is -2.31. The van der Waals surface area contributed by atoms with E-state index in [4.69, 9.17) is 19.2 Å². The molecule has 57 heavy (non-hydrogen) atoms. The van der Waals surface area contributed by atoms with Crippen LogP contribution in [-0.4, -0.2) is 90.3 Å². The molecule has 3 N–H and O–H groups in total. The Balaban J connectivity index is 1.23. The highest BCUT2D eigenvalue weighted by atomic mass is 32.2. The minimum absolute atomic E-state index is 0.0272. The molecule has 3 aromatic rings. The van der Waals surface area contributed by atoms with E-state index in [0.717, 1.165) is 5.56 Å². The van der Waals surface area contributed by atoms with Crippen LogP contribution in [-0.2, 0) is 29.1 Å². The molecule has 1 saturated heterocycles. The van der Waals surface area contributed by atoms with Crippen LogP contribution in [0.2, 0.25) is 0 Å². The quantitative estimate of drug-likeness (QED) is 0.232. The molecule has 15 heteroatoms. The molecule has 7 rings (SSSR count). The van der Waals surface area contributed by atoms with Gasteiger partial charge in [0.05, 0.1) is 30.1 Å². The smallest absolute Gasteiger partial charge is 0.408 e. The van der Waals surface area contributed by atoms with Crippen molar-refractivity contribution in [3.8, 4) is 22.8 Å². The van der Waals surface area contributed by atoms with Gasteiger partial charge in [0.1, 0.15) is 40.8 Å². The Morgan fingerprint density at radius 1 is 0.930 bits per heavy atom. The van der Waals surface area contributed by atoms with Gasteiger partial charge in [-0.3, -0.25) is 19.1 Å². The number of sulfonamides is 1. The van der Waals surface area contributed by atoms with Crippen molar-refractivity contribution in [2.45, 2.75) is 121 Å². The molecule has 14 nitrogen and oxygen atoms in total. The minimum atomic E-state index is -3.89. The van der Waals surface area contributed by atoms with E-state index in [1.165, 1.54) is 4.90 Å². The molecule has 2 unspecified atom stereocenters. The molecule has 306 valence electrons. The summed E-state index contributed by atoms with van der Waals surface area (Å²) in [5.74, 6) is -0.770. The topological polar surface area (TPSA) is 182 Å². The molecular formula is C42H53N5O9S. The first kappa shape index (κ1) is 40.3. The summed E-state index contributed by atoms with van der Waals surface area (Å²) in [5.41, 5.74) is -1.51. The van der Waals surface area contributed by atoms with Gasteiger partial charge in [-0.25, -0.2) is 18.2 Å². The van der Waals surface area contributed by atoms with E-state index in [1.54, 1.807) is 54.7 Å². The lowest BCUT2D eigenvalue weighted by molar-refractivity contribution is -0.147. The lowest BCUT2D eigenvalue weighted by atomic mass is 9.62. The van der Waals surface area contributed by atoms with Gasteiger partial charge in [0.25, 0.3) is 5.91 Å². The number of amides is 4. The Labute approximate surface area is 333 Å². The summed E-state index contributed by atoms with van der Waals surface area (Å²) in [6.45, 7) is 10.6. The average molecular weight is 804 g/mol. The van der Waals surface area contributed by atoms with Crippen molar-refractivity contribution in [3.63, 3.8) is 0 Å². The number of ether oxygens (including phenoxy) is 3. The molecule has 0 radical (unpaired) electrons. The zero-order valence-corrected chi connectivity index (χ0v) is 34.5. The van der Waals surface area contributed by atoms with Gasteiger partial charge in [0, 0.05) is 34.9 Å². The van der Waals surface area contributed by atoms with E-state index < -0.39 is 79.2 Å².